The van der Waals surface area contributed by atoms with E-state index in [4.69, 9.17) is 21.4 Å². The van der Waals surface area contributed by atoms with Crippen LogP contribution in [0.5, 0.6) is 5.75 Å². The number of alkyl halides is 3. The molecule has 0 unspecified atom stereocenters. The maximum absolute atomic E-state index is 12.4. The highest BCUT2D eigenvalue weighted by atomic mass is 35.5. The van der Waals surface area contributed by atoms with Crippen LogP contribution in [0.15, 0.2) is 18.2 Å². The van der Waals surface area contributed by atoms with Gasteiger partial charge in [0.25, 0.3) is 0 Å². The van der Waals surface area contributed by atoms with E-state index in [9.17, 15) is 18.0 Å². The Morgan fingerprint density at radius 2 is 2.06 bits per heavy atom. The molecular formula is C10H8ClF3O3. The number of rotatable bonds is 4. The topological polar surface area (TPSA) is 46.5 Å². The van der Waals surface area contributed by atoms with Crippen LogP contribution < -0.4 is 4.74 Å². The minimum atomic E-state index is -4.57. The molecule has 94 valence electrons. The van der Waals surface area contributed by atoms with Crippen LogP contribution in [0, 0.1) is 0 Å². The molecule has 3 nitrogen and oxygen atoms in total. The van der Waals surface area contributed by atoms with Crippen LogP contribution in [0.4, 0.5) is 13.2 Å². The summed E-state index contributed by atoms with van der Waals surface area (Å²) in [5.74, 6) is -1.15. The number of aliphatic carboxylic acids is 1. The first kappa shape index (κ1) is 13.6. The molecule has 0 fully saturated rings. The van der Waals surface area contributed by atoms with Crippen LogP contribution in [0.1, 0.15) is 12.0 Å². The standard InChI is InChI=1S/C10H8ClF3O3/c11-8-2-1-6(17-4-3-9(15)16)5-7(8)10(12,13)14/h1-2,5H,3-4H2,(H,15,16). The summed E-state index contributed by atoms with van der Waals surface area (Å²) in [7, 11) is 0. The molecule has 0 aliphatic heterocycles. The van der Waals surface area contributed by atoms with E-state index in [-0.39, 0.29) is 18.8 Å². The second-order valence-corrected chi connectivity index (χ2v) is 3.54. The van der Waals surface area contributed by atoms with E-state index in [1.54, 1.807) is 0 Å². The van der Waals surface area contributed by atoms with Crippen LogP contribution in [0.3, 0.4) is 0 Å². The zero-order valence-corrected chi connectivity index (χ0v) is 9.18. The van der Waals surface area contributed by atoms with Gasteiger partial charge in [-0.15, -0.1) is 0 Å². The number of halogens is 4. The van der Waals surface area contributed by atoms with Crippen LogP contribution in [0.25, 0.3) is 0 Å². The van der Waals surface area contributed by atoms with Crippen molar-refractivity contribution in [3.63, 3.8) is 0 Å². The molecule has 0 radical (unpaired) electrons. The average Bonchev–Trinajstić information content (AvgIpc) is 2.18. The molecule has 0 spiro atoms. The molecule has 1 N–H and O–H groups in total. The first-order chi connectivity index (χ1) is 7.80. The Labute approximate surface area is 99.8 Å². The lowest BCUT2D eigenvalue weighted by atomic mass is 10.2. The van der Waals surface area contributed by atoms with Crippen LogP contribution in [-0.4, -0.2) is 17.7 Å². The average molecular weight is 269 g/mol. The van der Waals surface area contributed by atoms with Crippen molar-refractivity contribution in [2.75, 3.05) is 6.61 Å². The van der Waals surface area contributed by atoms with E-state index >= 15 is 0 Å². The molecule has 1 rings (SSSR count). The van der Waals surface area contributed by atoms with Gasteiger partial charge in [-0.2, -0.15) is 13.2 Å². The molecule has 0 bridgehead atoms. The quantitative estimate of drug-likeness (QED) is 0.912. The van der Waals surface area contributed by atoms with Gasteiger partial charge in [0.05, 0.1) is 23.6 Å². The molecule has 0 aliphatic carbocycles. The molecule has 17 heavy (non-hydrogen) atoms. The normalized spacial score (nSPS) is 11.3. The molecule has 0 saturated heterocycles. The van der Waals surface area contributed by atoms with Gasteiger partial charge in [0.2, 0.25) is 0 Å². The first-order valence-corrected chi connectivity index (χ1v) is 4.90. The first-order valence-electron chi connectivity index (χ1n) is 4.52. The molecule has 0 aliphatic rings. The fourth-order valence-corrected chi connectivity index (χ4v) is 1.29. The maximum Gasteiger partial charge on any atom is 0.417 e. The minimum absolute atomic E-state index is 0.0667. The predicted octanol–water partition coefficient (Wildman–Crippen LogP) is 3.21. The SMILES string of the molecule is O=C(O)CCOc1ccc(Cl)c(C(F)(F)F)c1. The molecule has 0 aromatic heterocycles. The van der Waals surface area contributed by atoms with Gasteiger partial charge in [-0.3, -0.25) is 4.79 Å². The van der Waals surface area contributed by atoms with Crippen LogP contribution >= 0.6 is 11.6 Å². The highest BCUT2D eigenvalue weighted by Gasteiger charge is 2.33. The van der Waals surface area contributed by atoms with Gasteiger partial charge in [-0.25, -0.2) is 0 Å². The fourth-order valence-electron chi connectivity index (χ4n) is 1.07. The number of benzene rings is 1. The Balaban J connectivity index is 2.79. The Bertz CT molecular complexity index is 418. The van der Waals surface area contributed by atoms with Crippen LogP contribution in [0.2, 0.25) is 5.02 Å². The van der Waals surface area contributed by atoms with Crippen molar-refractivity contribution in [3.8, 4) is 5.75 Å². The summed E-state index contributed by atoms with van der Waals surface area (Å²) in [4.78, 5) is 10.2. The lowest BCUT2D eigenvalue weighted by molar-refractivity contribution is -0.138. The molecule has 0 amide bonds. The van der Waals surface area contributed by atoms with E-state index in [0.29, 0.717) is 0 Å². The van der Waals surface area contributed by atoms with E-state index in [1.165, 1.54) is 6.07 Å². The summed E-state index contributed by atoms with van der Waals surface area (Å²) in [6, 6.07) is 3.05. The van der Waals surface area contributed by atoms with Crippen molar-refractivity contribution in [1.29, 1.82) is 0 Å². The van der Waals surface area contributed by atoms with Crippen LogP contribution in [-0.2, 0) is 11.0 Å². The summed E-state index contributed by atoms with van der Waals surface area (Å²) in [5.41, 5.74) is -1.01. The molecule has 7 heteroatoms. The van der Waals surface area contributed by atoms with Crippen molar-refractivity contribution in [2.45, 2.75) is 12.6 Å². The Hall–Kier alpha value is -1.43. The number of carboxylic acid groups (broad SMARTS) is 1. The lowest BCUT2D eigenvalue weighted by Crippen LogP contribution is -2.08. The third-order valence-corrected chi connectivity index (χ3v) is 2.16. The lowest BCUT2D eigenvalue weighted by Gasteiger charge is -2.11. The summed E-state index contributed by atoms with van der Waals surface area (Å²) >= 11 is 5.40. The van der Waals surface area contributed by atoms with E-state index < -0.39 is 22.7 Å². The summed E-state index contributed by atoms with van der Waals surface area (Å²) in [5, 5.41) is 7.91. The number of hydrogen-bond acceptors (Lipinski definition) is 2. The number of hydrogen-bond donors (Lipinski definition) is 1. The largest absolute Gasteiger partial charge is 0.493 e. The molecule has 0 saturated carbocycles. The van der Waals surface area contributed by atoms with E-state index in [1.807, 2.05) is 0 Å². The fraction of sp³-hybridized carbons (Fsp3) is 0.300. The zero-order valence-electron chi connectivity index (χ0n) is 8.42. The minimum Gasteiger partial charge on any atom is -0.493 e. The monoisotopic (exact) mass is 268 g/mol. The summed E-state index contributed by atoms with van der Waals surface area (Å²) in [6.07, 6.45) is -4.85. The van der Waals surface area contributed by atoms with Gasteiger partial charge in [-0.1, -0.05) is 11.6 Å². The second kappa shape index (κ2) is 5.27. The predicted molar refractivity (Wildman–Crippen MR) is 54.2 cm³/mol. The highest BCUT2D eigenvalue weighted by molar-refractivity contribution is 6.31. The van der Waals surface area contributed by atoms with Gasteiger partial charge < -0.3 is 9.84 Å². The Kier molecular flexibility index (Phi) is 4.22. The maximum atomic E-state index is 12.4. The van der Waals surface area contributed by atoms with Gasteiger partial charge in [0.1, 0.15) is 5.75 Å². The van der Waals surface area contributed by atoms with E-state index in [0.717, 1.165) is 12.1 Å². The van der Waals surface area contributed by atoms with E-state index in [2.05, 4.69) is 0 Å². The Morgan fingerprint density at radius 1 is 1.41 bits per heavy atom. The third-order valence-electron chi connectivity index (χ3n) is 1.83. The molecule has 1 aromatic rings. The third kappa shape index (κ3) is 4.14. The smallest absolute Gasteiger partial charge is 0.417 e. The Morgan fingerprint density at radius 3 is 2.59 bits per heavy atom. The van der Waals surface area contributed by atoms with Crippen molar-refractivity contribution >= 4 is 17.6 Å². The van der Waals surface area contributed by atoms with Crippen molar-refractivity contribution < 1.29 is 27.8 Å². The van der Waals surface area contributed by atoms with Gasteiger partial charge in [0, 0.05) is 0 Å². The molecule has 0 heterocycles. The second-order valence-electron chi connectivity index (χ2n) is 3.13. The highest BCUT2D eigenvalue weighted by Crippen LogP contribution is 2.36. The summed E-state index contributed by atoms with van der Waals surface area (Å²) < 4.78 is 42.2. The number of ether oxygens (including phenoxy) is 1. The van der Waals surface area contributed by atoms with Crippen molar-refractivity contribution in [2.24, 2.45) is 0 Å². The summed E-state index contributed by atoms with van der Waals surface area (Å²) in [6.45, 7) is -0.200. The molecule has 0 atom stereocenters. The number of carboxylic acids is 1. The van der Waals surface area contributed by atoms with Crippen molar-refractivity contribution in [3.05, 3.63) is 28.8 Å². The van der Waals surface area contributed by atoms with Gasteiger partial charge in [0.15, 0.2) is 0 Å². The zero-order chi connectivity index (χ0) is 13.1. The van der Waals surface area contributed by atoms with Gasteiger partial charge in [-0.05, 0) is 18.2 Å². The molecule has 1 aromatic carbocycles. The molecular weight excluding hydrogens is 261 g/mol. The van der Waals surface area contributed by atoms with Crippen molar-refractivity contribution in [1.82, 2.24) is 0 Å². The number of carbonyl (C=O) groups is 1. The van der Waals surface area contributed by atoms with Gasteiger partial charge >= 0.3 is 12.1 Å².